The van der Waals surface area contributed by atoms with Crippen molar-refractivity contribution in [3.63, 3.8) is 0 Å². The van der Waals surface area contributed by atoms with Crippen molar-refractivity contribution in [3.05, 3.63) is 35.9 Å². The third kappa shape index (κ3) is 6.66. The lowest BCUT2D eigenvalue weighted by molar-refractivity contribution is 0.415. The van der Waals surface area contributed by atoms with Crippen molar-refractivity contribution < 1.29 is 0 Å². The van der Waals surface area contributed by atoms with E-state index in [0.717, 1.165) is 25.1 Å². The van der Waals surface area contributed by atoms with Gasteiger partial charge in [-0.05, 0) is 44.0 Å². The molecule has 0 bridgehead atoms. The Morgan fingerprint density at radius 1 is 1.26 bits per heavy atom. The molecule has 1 aromatic rings. The lowest BCUT2D eigenvalue weighted by Gasteiger charge is -2.22. The number of hydrogen-bond acceptors (Lipinski definition) is 3. The van der Waals surface area contributed by atoms with Crippen LogP contribution in [0.5, 0.6) is 0 Å². The van der Waals surface area contributed by atoms with Gasteiger partial charge in [-0.3, -0.25) is 5.32 Å². The highest BCUT2D eigenvalue weighted by Crippen LogP contribution is 2.17. The molecule has 0 fully saturated rings. The zero-order chi connectivity index (χ0) is 14.0. The van der Waals surface area contributed by atoms with Crippen molar-refractivity contribution in [2.45, 2.75) is 44.4 Å². The van der Waals surface area contributed by atoms with Crippen LogP contribution in [0.15, 0.2) is 30.3 Å². The van der Waals surface area contributed by atoms with Crippen LogP contribution in [0.2, 0.25) is 0 Å². The second-order valence-corrected chi connectivity index (χ2v) is 6.07. The van der Waals surface area contributed by atoms with Crippen molar-refractivity contribution in [1.29, 1.82) is 5.26 Å². The first-order valence-electron chi connectivity index (χ1n) is 6.98. The molecule has 1 rings (SSSR count). The summed E-state index contributed by atoms with van der Waals surface area (Å²) in [5.74, 6) is 2.26. The van der Waals surface area contributed by atoms with Crippen LogP contribution in [0.25, 0.3) is 0 Å². The van der Waals surface area contributed by atoms with Crippen LogP contribution in [0.4, 0.5) is 0 Å². The summed E-state index contributed by atoms with van der Waals surface area (Å²) in [6.07, 6.45) is 3.22. The first-order valence-corrected chi connectivity index (χ1v) is 8.13. The number of nitriles is 1. The predicted molar refractivity (Wildman–Crippen MR) is 84.1 cm³/mol. The van der Waals surface area contributed by atoms with Gasteiger partial charge < -0.3 is 0 Å². The average Bonchev–Trinajstić information content (AvgIpc) is 2.44. The van der Waals surface area contributed by atoms with Crippen molar-refractivity contribution in [2.75, 3.05) is 12.3 Å². The summed E-state index contributed by atoms with van der Waals surface area (Å²) in [5, 5.41) is 12.4. The minimum Gasteiger partial charge on any atom is -0.300 e. The third-order valence-corrected chi connectivity index (χ3v) is 4.26. The Kier molecular flexibility index (Phi) is 7.62. The lowest BCUT2D eigenvalue weighted by Crippen LogP contribution is -2.40. The SMILES string of the molecule is CCNC(C)(C#N)CCCCSCc1ccccc1. The number of nitrogens with one attached hydrogen (secondary N) is 1. The highest BCUT2D eigenvalue weighted by Gasteiger charge is 2.20. The zero-order valence-corrected chi connectivity index (χ0v) is 12.8. The average molecular weight is 276 g/mol. The van der Waals surface area contributed by atoms with Crippen molar-refractivity contribution in [2.24, 2.45) is 0 Å². The molecule has 104 valence electrons. The summed E-state index contributed by atoms with van der Waals surface area (Å²) in [7, 11) is 0. The van der Waals surface area contributed by atoms with E-state index in [2.05, 4.69) is 41.7 Å². The van der Waals surface area contributed by atoms with Gasteiger partial charge in [0.15, 0.2) is 0 Å². The van der Waals surface area contributed by atoms with E-state index in [1.165, 1.54) is 17.7 Å². The number of benzene rings is 1. The Hall–Kier alpha value is -0.980. The summed E-state index contributed by atoms with van der Waals surface area (Å²) in [4.78, 5) is 0. The minimum absolute atomic E-state index is 0.348. The number of hydrogen-bond donors (Lipinski definition) is 1. The molecule has 0 amide bonds. The van der Waals surface area contributed by atoms with E-state index in [1.807, 2.05) is 25.6 Å². The van der Waals surface area contributed by atoms with Gasteiger partial charge in [-0.15, -0.1) is 0 Å². The summed E-state index contributed by atoms with van der Waals surface area (Å²) in [6.45, 7) is 4.89. The predicted octanol–water partition coefficient (Wildman–Crippen LogP) is 3.98. The van der Waals surface area contributed by atoms with E-state index in [1.54, 1.807) is 0 Å². The molecule has 0 aliphatic carbocycles. The maximum absolute atomic E-state index is 9.15. The molecule has 1 atom stereocenters. The second kappa shape index (κ2) is 9.01. The quantitative estimate of drug-likeness (QED) is 0.693. The van der Waals surface area contributed by atoms with Crippen LogP contribution < -0.4 is 5.32 Å². The van der Waals surface area contributed by atoms with Gasteiger partial charge >= 0.3 is 0 Å². The summed E-state index contributed by atoms with van der Waals surface area (Å²) in [5.41, 5.74) is 1.04. The van der Waals surface area contributed by atoms with E-state index >= 15 is 0 Å². The zero-order valence-electron chi connectivity index (χ0n) is 12.0. The van der Waals surface area contributed by atoms with E-state index in [-0.39, 0.29) is 5.54 Å². The number of rotatable bonds is 9. The smallest absolute Gasteiger partial charge is 0.103 e. The molecule has 1 aromatic carbocycles. The first kappa shape index (κ1) is 16.1. The molecule has 1 N–H and O–H groups in total. The third-order valence-electron chi connectivity index (χ3n) is 3.14. The molecule has 0 aromatic heterocycles. The van der Waals surface area contributed by atoms with Gasteiger partial charge in [0, 0.05) is 5.75 Å². The van der Waals surface area contributed by atoms with Crippen molar-refractivity contribution in [3.8, 4) is 6.07 Å². The Morgan fingerprint density at radius 2 is 2.00 bits per heavy atom. The molecule has 0 aliphatic rings. The number of unbranched alkanes of at least 4 members (excludes halogenated alkanes) is 1. The van der Waals surface area contributed by atoms with Gasteiger partial charge in [0.05, 0.1) is 6.07 Å². The van der Waals surface area contributed by atoms with E-state index in [4.69, 9.17) is 5.26 Å². The molecule has 19 heavy (non-hydrogen) atoms. The molecular formula is C16H24N2S. The van der Waals surface area contributed by atoms with Crippen LogP contribution in [0.1, 0.15) is 38.7 Å². The highest BCUT2D eigenvalue weighted by atomic mass is 32.2. The molecule has 0 heterocycles. The minimum atomic E-state index is -0.348. The van der Waals surface area contributed by atoms with Crippen LogP contribution in [-0.4, -0.2) is 17.8 Å². The molecule has 1 unspecified atom stereocenters. The fourth-order valence-corrected chi connectivity index (χ4v) is 3.00. The lowest BCUT2D eigenvalue weighted by atomic mass is 9.97. The van der Waals surface area contributed by atoms with Gasteiger partial charge in [-0.1, -0.05) is 37.3 Å². The van der Waals surface area contributed by atoms with E-state index < -0.39 is 0 Å². The first-order chi connectivity index (χ1) is 9.20. The van der Waals surface area contributed by atoms with Crippen LogP contribution in [0, 0.1) is 11.3 Å². The van der Waals surface area contributed by atoms with Gasteiger partial charge in [0.1, 0.15) is 5.54 Å². The van der Waals surface area contributed by atoms with Crippen LogP contribution in [-0.2, 0) is 5.75 Å². The Morgan fingerprint density at radius 3 is 2.63 bits per heavy atom. The maximum atomic E-state index is 9.15. The van der Waals surface area contributed by atoms with Gasteiger partial charge in [-0.2, -0.15) is 17.0 Å². The Bertz CT molecular complexity index is 385. The molecular weight excluding hydrogens is 252 g/mol. The molecule has 2 nitrogen and oxygen atoms in total. The molecule has 0 spiro atoms. The van der Waals surface area contributed by atoms with Gasteiger partial charge in [0.25, 0.3) is 0 Å². The summed E-state index contributed by atoms with van der Waals surface area (Å²) in [6, 6.07) is 13.0. The van der Waals surface area contributed by atoms with Crippen molar-refractivity contribution >= 4 is 11.8 Å². The van der Waals surface area contributed by atoms with Gasteiger partial charge in [0.2, 0.25) is 0 Å². The standard InChI is InChI=1S/C16H24N2S/c1-3-18-16(2,14-17)11-7-8-12-19-13-15-9-5-4-6-10-15/h4-6,9-10,18H,3,7-8,11-13H2,1-2H3. The molecule has 0 radical (unpaired) electrons. The maximum Gasteiger partial charge on any atom is 0.103 e. The normalized spacial score (nSPS) is 13.7. The van der Waals surface area contributed by atoms with Crippen molar-refractivity contribution in [1.82, 2.24) is 5.32 Å². The Balaban J connectivity index is 2.10. The van der Waals surface area contributed by atoms with E-state index in [0.29, 0.717) is 0 Å². The topological polar surface area (TPSA) is 35.8 Å². The fraction of sp³-hybridized carbons (Fsp3) is 0.562. The van der Waals surface area contributed by atoms with Gasteiger partial charge in [-0.25, -0.2) is 0 Å². The molecule has 0 saturated carbocycles. The fourth-order valence-electron chi connectivity index (χ4n) is 2.02. The number of nitrogens with zero attached hydrogens (tertiary/aromatic N) is 1. The molecule has 0 aliphatic heterocycles. The highest BCUT2D eigenvalue weighted by molar-refractivity contribution is 7.98. The summed E-state index contributed by atoms with van der Waals surface area (Å²) < 4.78 is 0. The molecule has 0 saturated heterocycles. The molecule has 3 heteroatoms. The van der Waals surface area contributed by atoms with E-state index in [9.17, 15) is 0 Å². The second-order valence-electron chi connectivity index (χ2n) is 4.97. The van der Waals surface area contributed by atoms with Crippen LogP contribution in [0.3, 0.4) is 0 Å². The Labute approximate surface area is 121 Å². The largest absolute Gasteiger partial charge is 0.300 e. The number of thioether (sulfide) groups is 1. The summed E-state index contributed by atoms with van der Waals surface area (Å²) >= 11 is 1.97. The monoisotopic (exact) mass is 276 g/mol. The van der Waals surface area contributed by atoms with Crippen LogP contribution >= 0.6 is 11.8 Å².